The van der Waals surface area contributed by atoms with E-state index in [4.69, 9.17) is 0 Å². The second kappa shape index (κ2) is 10.9. The first-order valence-electron chi connectivity index (χ1n) is 21.3. The first-order valence-corrected chi connectivity index (χ1v) is 21.3. The SMILES string of the molecule is Cc1cccc(N2c3ccc(-n4c5ccccc5c5ccccc54)cc3B3c4cccc5c4N(c4ccccc4C54C5CC6CC(C5)CC4C6)c4cccc2c43)c1. The molecule has 4 fully saturated rings. The van der Waals surface area contributed by atoms with Crippen molar-refractivity contribution in [2.75, 3.05) is 9.80 Å². The van der Waals surface area contributed by atoms with Gasteiger partial charge in [0.2, 0.25) is 0 Å². The van der Waals surface area contributed by atoms with Crippen molar-refractivity contribution in [2.24, 2.45) is 23.7 Å². The van der Waals surface area contributed by atoms with Crippen molar-refractivity contribution in [3.8, 4) is 5.69 Å². The quantitative estimate of drug-likeness (QED) is 0.164. The summed E-state index contributed by atoms with van der Waals surface area (Å²) in [5, 5.41) is 2.59. The van der Waals surface area contributed by atoms with Gasteiger partial charge in [-0.25, -0.2) is 0 Å². The van der Waals surface area contributed by atoms with Crippen LogP contribution >= 0.6 is 0 Å². The molecule has 0 N–H and O–H groups in total. The zero-order chi connectivity index (χ0) is 37.1. The zero-order valence-electron chi connectivity index (χ0n) is 32.2. The minimum atomic E-state index is 0.0664. The fourth-order valence-corrected chi connectivity index (χ4v) is 13.9. The van der Waals surface area contributed by atoms with Crippen molar-refractivity contribution in [2.45, 2.75) is 44.4 Å². The lowest BCUT2D eigenvalue weighted by atomic mass is 9.32. The Balaban J connectivity index is 1.08. The molecule has 8 aromatic rings. The maximum Gasteiger partial charge on any atom is 0.252 e. The molecule has 1 aromatic heterocycles. The summed E-state index contributed by atoms with van der Waals surface area (Å²) >= 11 is 0. The molecule has 0 atom stereocenters. The van der Waals surface area contributed by atoms with Crippen molar-refractivity contribution in [1.82, 2.24) is 4.57 Å². The van der Waals surface area contributed by atoms with Gasteiger partial charge in [0, 0.05) is 50.3 Å². The number of hydrogen-bond donors (Lipinski definition) is 0. The molecule has 4 heteroatoms. The van der Waals surface area contributed by atoms with E-state index in [2.05, 4.69) is 173 Å². The number of aromatic nitrogens is 1. The summed E-state index contributed by atoms with van der Waals surface area (Å²) in [6.07, 6.45) is 6.98. The second-order valence-corrected chi connectivity index (χ2v) is 18.2. The number of fused-ring (bicyclic) bond motifs is 9. The van der Waals surface area contributed by atoms with E-state index in [0.29, 0.717) is 11.8 Å². The molecule has 57 heavy (non-hydrogen) atoms. The second-order valence-electron chi connectivity index (χ2n) is 18.2. The maximum atomic E-state index is 2.71. The van der Waals surface area contributed by atoms with Gasteiger partial charge in [-0.3, -0.25) is 0 Å². The van der Waals surface area contributed by atoms with E-state index >= 15 is 0 Å². The van der Waals surface area contributed by atoms with E-state index in [1.165, 1.54) is 116 Å². The Kier molecular flexibility index (Phi) is 5.95. The van der Waals surface area contributed by atoms with E-state index < -0.39 is 0 Å². The molecule has 272 valence electrons. The third kappa shape index (κ3) is 3.81. The molecule has 7 aromatic carbocycles. The molecule has 4 saturated carbocycles. The number of anilines is 6. The lowest BCUT2D eigenvalue weighted by Crippen LogP contribution is -2.64. The Hall–Kier alpha value is -6.00. The highest BCUT2D eigenvalue weighted by Crippen LogP contribution is 2.69. The first kappa shape index (κ1) is 31.1. The van der Waals surface area contributed by atoms with Gasteiger partial charge in [-0.2, -0.15) is 0 Å². The monoisotopic (exact) mass is 731 g/mol. The Morgan fingerprint density at radius 1 is 0.491 bits per heavy atom. The molecule has 7 aliphatic rings. The first-order chi connectivity index (χ1) is 28.2. The van der Waals surface area contributed by atoms with Gasteiger partial charge in [0.15, 0.2) is 0 Å². The van der Waals surface area contributed by atoms with Gasteiger partial charge in [-0.1, -0.05) is 91.0 Å². The summed E-state index contributed by atoms with van der Waals surface area (Å²) in [5.74, 6) is 3.22. The average molecular weight is 732 g/mol. The largest absolute Gasteiger partial charge is 0.311 e. The fourth-order valence-electron chi connectivity index (χ4n) is 13.9. The van der Waals surface area contributed by atoms with Crippen LogP contribution in [0.2, 0.25) is 0 Å². The number of hydrogen-bond acceptors (Lipinski definition) is 2. The van der Waals surface area contributed by atoms with Crippen molar-refractivity contribution in [3.05, 3.63) is 168 Å². The lowest BCUT2D eigenvalue weighted by molar-refractivity contribution is -0.0419. The van der Waals surface area contributed by atoms with Gasteiger partial charge in [0.1, 0.15) is 0 Å². The highest BCUT2D eigenvalue weighted by molar-refractivity contribution is 7.00. The molecule has 4 aliphatic carbocycles. The zero-order valence-corrected chi connectivity index (χ0v) is 32.2. The minimum absolute atomic E-state index is 0.0664. The predicted molar refractivity (Wildman–Crippen MR) is 237 cm³/mol. The number of rotatable bonds is 2. The minimum Gasteiger partial charge on any atom is -0.311 e. The number of para-hydroxylation sites is 4. The number of nitrogens with zero attached hydrogens (tertiary/aromatic N) is 3. The number of benzene rings is 7. The van der Waals surface area contributed by atoms with Crippen LogP contribution in [0.4, 0.5) is 34.1 Å². The average Bonchev–Trinajstić information content (AvgIpc) is 3.58. The summed E-state index contributed by atoms with van der Waals surface area (Å²) in [5.41, 5.74) is 20.4. The van der Waals surface area contributed by atoms with E-state index in [1.54, 1.807) is 11.1 Å². The smallest absolute Gasteiger partial charge is 0.252 e. The fraction of sp³-hybridized carbons (Fsp3) is 0.208. The van der Waals surface area contributed by atoms with E-state index in [1.807, 2.05) is 0 Å². The summed E-state index contributed by atoms with van der Waals surface area (Å²) < 4.78 is 2.50. The summed E-state index contributed by atoms with van der Waals surface area (Å²) in [4.78, 5) is 5.26. The maximum absolute atomic E-state index is 2.71. The van der Waals surface area contributed by atoms with Gasteiger partial charge >= 0.3 is 0 Å². The van der Waals surface area contributed by atoms with Gasteiger partial charge in [0.25, 0.3) is 6.71 Å². The summed E-state index contributed by atoms with van der Waals surface area (Å²) in [6, 6.07) is 58.5. The highest BCUT2D eigenvalue weighted by atomic mass is 15.2. The van der Waals surface area contributed by atoms with Crippen LogP contribution in [0, 0.1) is 30.6 Å². The third-order valence-corrected chi connectivity index (χ3v) is 15.6. The van der Waals surface area contributed by atoms with Crippen LogP contribution in [0.25, 0.3) is 27.5 Å². The predicted octanol–water partition coefficient (Wildman–Crippen LogP) is 11.2. The molecule has 0 amide bonds. The van der Waals surface area contributed by atoms with Gasteiger partial charge < -0.3 is 14.4 Å². The third-order valence-electron chi connectivity index (χ3n) is 15.6. The number of aryl methyl sites for hydroxylation is 1. The molecule has 1 spiro atoms. The summed E-state index contributed by atoms with van der Waals surface area (Å²) in [7, 11) is 0. The van der Waals surface area contributed by atoms with E-state index in [0.717, 1.165) is 11.8 Å². The Bertz CT molecular complexity index is 2960. The standard InChI is InChI=1S/C53H42BN3/c1-32-11-8-12-37(25-32)56-48-24-23-38(55-45-18-5-2-13-39(45)40-14-3-6-19-46(40)55)31-44(48)54-43-17-9-16-42-52(43)57(50-22-10-21-49(56)51(50)54)47-20-7-4-15-41(47)53(42)35-27-33-26-34(29-35)30-36(53)28-33/h2-25,31,33-36H,26-30H2,1H3. The molecule has 0 radical (unpaired) electrons. The van der Waals surface area contributed by atoms with Gasteiger partial charge in [0.05, 0.1) is 16.7 Å². The molecule has 0 unspecified atom stereocenters. The molecule has 3 aliphatic heterocycles. The normalized spacial score (nSPS) is 24.2. The van der Waals surface area contributed by atoms with Crippen LogP contribution in [-0.2, 0) is 5.41 Å². The Labute approximate surface area is 334 Å². The molecule has 3 nitrogen and oxygen atoms in total. The van der Waals surface area contributed by atoms with Crippen LogP contribution in [0.1, 0.15) is 48.8 Å². The van der Waals surface area contributed by atoms with Crippen LogP contribution in [0.5, 0.6) is 0 Å². The molecule has 0 saturated heterocycles. The Morgan fingerprint density at radius 2 is 1.12 bits per heavy atom. The molecular formula is C53H42BN3. The topological polar surface area (TPSA) is 11.4 Å². The summed E-state index contributed by atoms with van der Waals surface area (Å²) in [6.45, 7) is 2.30. The van der Waals surface area contributed by atoms with Gasteiger partial charge in [-0.15, -0.1) is 0 Å². The van der Waals surface area contributed by atoms with Crippen molar-refractivity contribution in [3.63, 3.8) is 0 Å². The molecule has 4 heterocycles. The van der Waals surface area contributed by atoms with Crippen molar-refractivity contribution < 1.29 is 0 Å². The van der Waals surface area contributed by atoms with E-state index in [9.17, 15) is 0 Å². The van der Waals surface area contributed by atoms with Crippen molar-refractivity contribution in [1.29, 1.82) is 0 Å². The Morgan fingerprint density at radius 3 is 1.88 bits per heavy atom. The molecule has 15 rings (SSSR count). The van der Waals surface area contributed by atoms with Crippen LogP contribution in [-0.4, -0.2) is 11.3 Å². The lowest BCUT2D eigenvalue weighted by Gasteiger charge is -2.64. The molecule has 4 bridgehead atoms. The van der Waals surface area contributed by atoms with Crippen LogP contribution in [0.3, 0.4) is 0 Å². The van der Waals surface area contributed by atoms with Crippen LogP contribution in [0.15, 0.2) is 152 Å². The highest BCUT2D eigenvalue weighted by Gasteiger charge is 2.62. The van der Waals surface area contributed by atoms with E-state index in [-0.39, 0.29) is 12.1 Å². The molecular weight excluding hydrogens is 689 g/mol. The van der Waals surface area contributed by atoms with Crippen LogP contribution < -0.4 is 26.2 Å². The van der Waals surface area contributed by atoms with Crippen molar-refractivity contribution >= 4 is 79.0 Å². The van der Waals surface area contributed by atoms with Gasteiger partial charge in [-0.05, 0) is 156 Å².